The van der Waals surface area contributed by atoms with Crippen LogP contribution in [-0.2, 0) is 4.79 Å². The predicted octanol–water partition coefficient (Wildman–Crippen LogP) is 1.56. The van der Waals surface area contributed by atoms with Crippen LogP contribution in [0, 0.1) is 0 Å². The van der Waals surface area contributed by atoms with Crippen molar-refractivity contribution in [2.24, 2.45) is 0 Å². The fourth-order valence-corrected chi connectivity index (χ4v) is 2.11. The van der Waals surface area contributed by atoms with Crippen molar-refractivity contribution in [2.75, 3.05) is 33.1 Å². The van der Waals surface area contributed by atoms with E-state index < -0.39 is 0 Å². The van der Waals surface area contributed by atoms with Gasteiger partial charge in [-0.3, -0.25) is 4.79 Å². The third-order valence-corrected chi connectivity index (χ3v) is 3.29. The molecule has 0 N–H and O–H groups in total. The van der Waals surface area contributed by atoms with Crippen molar-refractivity contribution in [3.05, 3.63) is 0 Å². The molecule has 1 atom stereocenters. The van der Waals surface area contributed by atoms with E-state index in [9.17, 15) is 4.79 Å². The SMILES string of the molecule is CN(C)C1CCN(C(=O)CCCCCl)C1. The Morgan fingerprint density at radius 1 is 1.47 bits per heavy atom. The minimum Gasteiger partial charge on any atom is -0.341 e. The lowest BCUT2D eigenvalue weighted by Gasteiger charge is -2.20. The first-order valence-electron chi connectivity index (χ1n) is 5.65. The number of carbonyl (C=O) groups is 1. The molecule has 0 aromatic rings. The van der Waals surface area contributed by atoms with Gasteiger partial charge in [0.05, 0.1) is 0 Å². The number of alkyl halides is 1. The van der Waals surface area contributed by atoms with Gasteiger partial charge in [-0.2, -0.15) is 0 Å². The highest BCUT2D eigenvalue weighted by molar-refractivity contribution is 6.17. The highest BCUT2D eigenvalue weighted by atomic mass is 35.5. The first kappa shape index (κ1) is 12.8. The minimum atomic E-state index is 0.296. The Balaban J connectivity index is 2.24. The average Bonchev–Trinajstić information content (AvgIpc) is 2.66. The van der Waals surface area contributed by atoms with Crippen LogP contribution in [-0.4, -0.2) is 54.8 Å². The van der Waals surface area contributed by atoms with E-state index in [1.54, 1.807) is 0 Å². The van der Waals surface area contributed by atoms with Crippen LogP contribution < -0.4 is 0 Å². The number of hydrogen-bond donors (Lipinski definition) is 0. The Kier molecular flexibility index (Phi) is 5.40. The lowest BCUT2D eigenvalue weighted by molar-refractivity contribution is -0.130. The monoisotopic (exact) mass is 232 g/mol. The first-order valence-corrected chi connectivity index (χ1v) is 6.18. The molecule has 1 heterocycles. The normalized spacial score (nSPS) is 21.3. The molecule has 1 aliphatic heterocycles. The first-order chi connectivity index (χ1) is 7.15. The van der Waals surface area contributed by atoms with Gasteiger partial charge in [0, 0.05) is 31.4 Å². The van der Waals surface area contributed by atoms with Crippen molar-refractivity contribution in [3.63, 3.8) is 0 Å². The van der Waals surface area contributed by atoms with Gasteiger partial charge in [0.15, 0.2) is 0 Å². The lowest BCUT2D eigenvalue weighted by atomic mass is 10.2. The number of amides is 1. The molecule has 88 valence electrons. The van der Waals surface area contributed by atoms with Crippen LogP contribution in [0.5, 0.6) is 0 Å². The molecule has 1 rings (SSSR count). The van der Waals surface area contributed by atoms with Crippen LogP contribution >= 0.6 is 11.6 Å². The number of unbranched alkanes of at least 4 members (excludes halogenated alkanes) is 1. The Bertz CT molecular complexity index is 209. The van der Waals surface area contributed by atoms with Crippen molar-refractivity contribution in [1.29, 1.82) is 0 Å². The third kappa shape index (κ3) is 3.99. The van der Waals surface area contributed by atoms with Crippen LogP contribution in [0.15, 0.2) is 0 Å². The van der Waals surface area contributed by atoms with Crippen LogP contribution in [0.4, 0.5) is 0 Å². The zero-order valence-electron chi connectivity index (χ0n) is 9.71. The Labute approximate surface area is 97.4 Å². The molecule has 0 aromatic carbocycles. The standard InChI is InChI=1S/C11H21ClN2O/c1-13(2)10-6-8-14(9-10)11(15)5-3-4-7-12/h10H,3-9H2,1-2H3. The fourth-order valence-electron chi connectivity index (χ4n) is 1.92. The summed E-state index contributed by atoms with van der Waals surface area (Å²) in [6, 6.07) is 0.543. The number of hydrogen-bond acceptors (Lipinski definition) is 2. The van der Waals surface area contributed by atoms with E-state index in [2.05, 4.69) is 19.0 Å². The zero-order valence-corrected chi connectivity index (χ0v) is 10.5. The van der Waals surface area contributed by atoms with E-state index >= 15 is 0 Å². The van der Waals surface area contributed by atoms with Crippen molar-refractivity contribution in [1.82, 2.24) is 9.80 Å². The van der Waals surface area contributed by atoms with Crippen LogP contribution in [0.1, 0.15) is 25.7 Å². The van der Waals surface area contributed by atoms with E-state index in [0.29, 0.717) is 24.2 Å². The number of rotatable bonds is 5. The maximum Gasteiger partial charge on any atom is 0.222 e. The molecule has 0 spiro atoms. The maximum atomic E-state index is 11.8. The van der Waals surface area contributed by atoms with E-state index in [-0.39, 0.29) is 0 Å². The Morgan fingerprint density at radius 3 is 2.73 bits per heavy atom. The van der Waals surface area contributed by atoms with Gasteiger partial charge in [0.1, 0.15) is 0 Å². The van der Waals surface area contributed by atoms with Crippen LogP contribution in [0.2, 0.25) is 0 Å². The van der Waals surface area contributed by atoms with Gasteiger partial charge in [-0.1, -0.05) is 0 Å². The van der Waals surface area contributed by atoms with Crippen molar-refractivity contribution < 1.29 is 4.79 Å². The Hall–Kier alpha value is -0.280. The summed E-state index contributed by atoms with van der Waals surface area (Å²) in [5.74, 6) is 0.956. The number of nitrogens with zero attached hydrogens (tertiary/aromatic N) is 2. The summed E-state index contributed by atoms with van der Waals surface area (Å²) in [5, 5.41) is 0. The second-order valence-electron chi connectivity index (χ2n) is 4.39. The lowest BCUT2D eigenvalue weighted by Crippen LogP contribution is -2.34. The summed E-state index contributed by atoms with van der Waals surface area (Å²) >= 11 is 5.58. The van der Waals surface area contributed by atoms with E-state index in [1.807, 2.05) is 4.90 Å². The molecule has 0 radical (unpaired) electrons. The molecule has 0 aromatic heterocycles. The highest BCUT2D eigenvalue weighted by Crippen LogP contribution is 2.15. The topological polar surface area (TPSA) is 23.6 Å². The third-order valence-electron chi connectivity index (χ3n) is 3.02. The van der Waals surface area contributed by atoms with Gasteiger partial charge in [-0.05, 0) is 33.4 Å². The molecule has 15 heavy (non-hydrogen) atoms. The number of likely N-dealkylation sites (tertiary alicyclic amines) is 1. The maximum absolute atomic E-state index is 11.8. The van der Waals surface area contributed by atoms with E-state index in [4.69, 9.17) is 11.6 Å². The van der Waals surface area contributed by atoms with Gasteiger partial charge < -0.3 is 9.80 Å². The summed E-state index contributed by atoms with van der Waals surface area (Å²) in [6.45, 7) is 1.81. The van der Waals surface area contributed by atoms with Crippen molar-refractivity contribution in [3.8, 4) is 0 Å². The van der Waals surface area contributed by atoms with Gasteiger partial charge in [0.25, 0.3) is 0 Å². The molecule has 0 bridgehead atoms. The Morgan fingerprint density at radius 2 is 2.20 bits per heavy atom. The number of halogens is 1. The van der Waals surface area contributed by atoms with Gasteiger partial charge in [-0.15, -0.1) is 11.6 Å². The molecule has 0 aliphatic carbocycles. The zero-order chi connectivity index (χ0) is 11.3. The van der Waals surface area contributed by atoms with Gasteiger partial charge in [0.2, 0.25) is 5.91 Å². The van der Waals surface area contributed by atoms with E-state index in [1.165, 1.54) is 0 Å². The molecule has 3 nitrogen and oxygen atoms in total. The van der Waals surface area contributed by atoms with Crippen molar-refractivity contribution >= 4 is 17.5 Å². The summed E-state index contributed by atoms with van der Waals surface area (Å²) < 4.78 is 0. The summed E-state index contributed by atoms with van der Waals surface area (Å²) in [7, 11) is 4.15. The van der Waals surface area contributed by atoms with Gasteiger partial charge >= 0.3 is 0 Å². The van der Waals surface area contributed by atoms with Crippen LogP contribution in [0.3, 0.4) is 0 Å². The highest BCUT2D eigenvalue weighted by Gasteiger charge is 2.26. The number of carbonyl (C=O) groups excluding carboxylic acids is 1. The average molecular weight is 233 g/mol. The largest absolute Gasteiger partial charge is 0.341 e. The van der Waals surface area contributed by atoms with Gasteiger partial charge in [-0.25, -0.2) is 0 Å². The van der Waals surface area contributed by atoms with E-state index in [0.717, 1.165) is 32.4 Å². The summed E-state index contributed by atoms with van der Waals surface area (Å²) in [6.07, 6.45) is 3.63. The second-order valence-corrected chi connectivity index (χ2v) is 4.77. The molecular weight excluding hydrogens is 212 g/mol. The molecule has 1 amide bonds. The number of likely N-dealkylation sites (N-methyl/N-ethyl adjacent to an activating group) is 1. The predicted molar refractivity (Wildman–Crippen MR) is 63.2 cm³/mol. The molecule has 0 saturated carbocycles. The smallest absolute Gasteiger partial charge is 0.222 e. The molecular formula is C11H21ClN2O. The fraction of sp³-hybridized carbons (Fsp3) is 0.909. The molecule has 1 aliphatic rings. The second kappa shape index (κ2) is 6.33. The quantitative estimate of drug-likeness (QED) is 0.531. The summed E-state index contributed by atoms with van der Waals surface area (Å²) in [4.78, 5) is 15.9. The molecule has 1 fully saturated rings. The van der Waals surface area contributed by atoms with Crippen LogP contribution in [0.25, 0.3) is 0 Å². The summed E-state index contributed by atoms with van der Waals surface area (Å²) in [5.41, 5.74) is 0. The molecule has 4 heteroatoms. The molecule has 1 saturated heterocycles. The van der Waals surface area contributed by atoms with Crippen molar-refractivity contribution in [2.45, 2.75) is 31.7 Å². The minimum absolute atomic E-state index is 0.296. The molecule has 1 unspecified atom stereocenters.